The molecule has 9 nitrogen and oxygen atoms in total. The summed E-state index contributed by atoms with van der Waals surface area (Å²) >= 11 is 0. The molecule has 0 saturated heterocycles. The third-order valence-corrected chi connectivity index (χ3v) is 2.62. The van der Waals surface area contributed by atoms with Crippen molar-refractivity contribution < 1.29 is 38.1 Å². The average molecular weight is 331 g/mol. The number of nitriles is 1. The van der Waals surface area contributed by atoms with E-state index in [0.29, 0.717) is 0 Å². The Balaban J connectivity index is 5.70. The second-order valence-electron chi connectivity index (χ2n) is 4.54. The maximum absolute atomic E-state index is 11.4. The number of esters is 3. The van der Waals surface area contributed by atoms with Crippen LogP contribution in [0.3, 0.4) is 0 Å². The summed E-state index contributed by atoms with van der Waals surface area (Å²) in [6.07, 6.45) is -4.90. The molecule has 0 rings (SSSR count). The van der Waals surface area contributed by atoms with E-state index in [1.54, 1.807) is 6.07 Å². The zero-order valence-electron chi connectivity index (χ0n) is 13.7. The van der Waals surface area contributed by atoms with Gasteiger partial charge in [0.25, 0.3) is 0 Å². The summed E-state index contributed by atoms with van der Waals surface area (Å²) < 4.78 is 25.1. The lowest BCUT2D eigenvalue weighted by Gasteiger charge is -2.33. The average Bonchev–Trinajstić information content (AvgIpc) is 2.43. The molecule has 0 spiro atoms. The number of carbonyl (C=O) groups excluding carboxylic acids is 3. The molecule has 0 amide bonds. The molecule has 23 heavy (non-hydrogen) atoms. The smallest absolute Gasteiger partial charge is 0.303 e. The molecule has 4 unspecified atom stereocenters. The van der Waals surface area contributed by atoms with Gasteiger partial charge in [-0.3, -0.25) is 14.4 Å². The first-order valence-corrected chi connectivity index (χ1v) is 6.69. The molecule has 0 aliphatic heterocycles. The summed E-state index contributed by atoms with van der Waals surface area (Å²) in [7, 11) is 2.58. The molecule has 0 fully saturated rings. The lowest BCUT2D eigenvalue weighted by molar-refractivity contribution is -0.194. The van der Waals surface area contributed by atoms with Gasteiger partial charge in [-0.05, 0) is 0 Å². The minimum Gasteiger partial charge on any atom is -0.456 e. The third-order valence-electron chi connectivity index (χ3n) is 2.62. The minimum atomic E-state index is -1.30. The zero-order valence-corrected chi connectivity index (χ0v) is 13.7. The number of hydrogen-bond donors (Lipinski definition) is 0. The van der Waals surface area contributed by atoms with Crippen LogP contribution in [0.1, 0.15) is 20.8 Å². The summed E-state index contributed by atoms with van der Waals surface area (Å²) in [5.74, 6) is -2.09. The Bertz CT molecular complexity index is 458. The predicted octanol–water partition coefficient (Wildman–Crippen LogP) is -0.0335. The van der Waals surface area contributed by atoms with Crippen molar-refractivity contribution in [3.63, 3.8) is 0 Å². The molecule has 0 aromatic heterocycles. The standard InChI is InChI=1S/C14H21NO8/c1-8(16)21-12(7-19-4)14(23-10(3)18)13(22-9(2)17)11(6-15)20-5/h11-14H,7H2,1-5H3. The van der Waals surface area contributed by atoms with Crippen molar-refractivity contribution >= 4 is 17.9 Å². The lowest BCUT2D eigenvalue weighted by atomic mass is 10.0. The Morgan fingerprint density at radius 1 is 0.913 bits per heavy atom. The first-order chi connectivity index (χ1) is 10.8. The molecular formula is C14H21NO8. The molecule has 0 saturated carbocycles. The summed E-state index contributed by atoms with van der Waals surface area (Å²) in [5.41, 5.74) is 0. The molecule has 4 atom stereocenters. The normalized spacial score (nSPS) is 15.5. The Kier molecular flexibility index (Phi) is 9.53. The van der Waals surface area contributed by atoms with E-state index >= 15 is 0 Å². The van der Waals surface area contributed by atoms with E-state index in [4.69, 9.17) is 28.9 Å². The van der Waals surface area contributed by atoms with Gasteiger partial charge < -0.3 is 23.7 Å². The van der Waals surface area contributed by atoms with Gasteiger partial charge in [-0.2, -0.15) is 5.26 Å². The summed E-state index contributed by atoms with van der Waals surface area (Å²) in [4.78, 5) is 33.9. The maximum atomic E-state index is 11.4. The van der Waals surface area contributed by atoms with Crippen LogP contribution in [0, 0.1) is 11.3 Å². The Morgan fingerprint density at radius 2 is 1.39 bits per heavy atom. The van der Waals surface area contributed by atoms with Crippen molar-refractivity contribution in [3.05, 3.63) is 0 Å². The number of hydrogen-bond acceptors (Lipinski definition) is 9. The van der Waals surface area contributed by atoms with Crippen LogP contribution in [-0.4, -0.2) is 63.2 Å². The number of nitrogens with zero attached hydrogens (tertiary/aromatic N) is 1. The highest BCUT2D eigenvalue weighted by Crippen LogP contribution is 2.19. The molecule has 9 heteroatoms. The van der Waals surface area contributed by atoms with Crippen molar-refractivity contribution in [3.8, 4) is 6.07 Å². The highest BCUT2D eigenvalue weighted by atomic mass is 16.6. The van der Waals surface area contributed by atoms with Gasteiger partial charge in [0.15, 0.2) is 24.4 Å². The highest BCUT2D eigenvalue weighted by molar-refractivity contribution is 5.68. The summed E-state index contributed by atoms with van der Waals surface area (Å²) in [6.45, 7) is 3.27. The molecule has 0 aliphatic carbocycles. The largest absolute Gasteiger partial charge is 0.456 e. The molecule has 0 aromatic rings. The van der Waals surface area contributed by atoms with E-state index in [0.717, 1.165) is 20.8 Å². The Labute approximate surface area is 134 Å². The lowest BCUT2D eigenvalue weighted by Crippen LogP contribution is -2.52. The first-order valence-electron chi connectivity index (χ1n) is 6.69. The van der Waals surface area contributed by atoms with Crippen molar-refractivity contribution in [2.45, 2.75) is 45.2 Å². The number of methoxy groups -OCH3 is 2. The van der Waals surface area contributed by atoms with Gasteiger partial charge in [-0.15, -0.1) is 0 Å². The fourth-order valence-corrected chi connectivity index (χ4v) is 1.87. The molecule has 0 heterocycles. The second-order valence-corrected chi connectivity index (χ2v) is 4.54. The van der Waals surface area contributed by atoms with Crippen LogP contribution in [-0.2, 0) is 38.1 Å². The quantitative estimate of drug-likeness (QED) is 0.423. The monoisotopic (exact) mass is 331 g/mol. The van der Waals surface area contributed by atoms with Crippen LogP contribution in [0.2, 0.25) is 0 Å². The van der Waals surface area contributed by atoms with E-state index < -0.39 is 42.3 Å². The molecule has 0 radical (unpaired) electrons. The molecule has 0 aliphatic rings. The van der Waals surface area contributed by atoms with Crippen LogP contribution in [0.25, 0.3) is 0 Å². The fraction of sp³-hybridized carbons (Fsp3) is 0.714. The minimum absolute atomic E-state index is 0.142. The van der Waals surface area contributed by atoms with Gasteiger partial charge in [-0.25, -0.2) is 0 Å². The van der Waals surface area contributed by atoms with Crippen LogP contribution in [0.4, 0.5) is 0 Å². The van der Waals surface area contributed by atoms with Crippen LogP contribution in [0.5, 0.6) is 0 Å². The van der Waals surface area contributed by atoms with Gasteiger partial charge in [-0.1, -0.05) is 0 Å². The van der Waals surface area contributed by atoms with Crippen LogP contribution < -0.4 is 0 Å². The SMILES string of the molecule is COCC(OC(C)=O)C(OC(C)=O)C(OC(C)=O)C(C#N)OC. The number of ether oxygens (including phenoxy) is 5. The van der Waals surface area contributed by atoms with Crippen molar-refractivity contribution in [1.82, 2.24) is 0 Å². The van der Waals surface area contributed by atoms with E-state index in [1.165, 1.54) is 14.2 Å². The van der Waals surface area contributed by atoms with Gasteiger partial charge >= 0.3 is 17.9 Å². The molecule has 130 valence electrons. The van der Waals surface area contributed by atoms with Crippen molar-refractivity contribution in [2.75, 3.05) is 20.8 Å². The topological polar surface area (TPSA) is 121 Å². The predicted molar refractivity (Wildman–Crippen MR) is 74.9 cm³/mol. The van der Waals surface area contributed by atoms with Crippen LogP contribution >= 0.6 is 0 Å². The van der Waals surface area contributed by atoms with Gasteiger partial charge in [0.1, 0.15) is 0 Å². The number of rotatable bonds is 9. The zero-order chi connectivity index (χ0) is 18.0. The van der Waals surface area contributed by atoms with Crippen LogP contribution in [0.15, 0.2) is 0 Å². The third kappa shape index (κ3) is 7.58. The number of carbonyl (C=O) groups is 3. The second kappa shape index (κ2) is 10.5. The van der Waals surface area contributed by atoms with Gasteiger partial charge in [0.2, 0.25) is 0 Å². The summed E-state index contributed by atoms with van der Waals surface area (Å²) in [5, 5.41) is 9.14. The maximum Gasteiger partial charge on any atom is 0.303 e. The molecule has 0 N–H and O–H groups in total. The Morgan fingerprint density at radius 3 is 1.74 bits per heavy atom. The van der Waals surface area contributed by atoms with Crippen molar-refractivity contribution in [2.24, 2.45) is 0 Å². The molecule has 0 bridgehead atoms. The molecule has 0 aromatic carbocycles. The Hall–Kier alpha value is -2.18. The van der Waals surface area contributed by atoms with E-state index in [1.807, 2.05) is 0 Å². The fourth-order valence-electron chi connectivity index (χ4n) is 1.87. The van der Waals surface area contributed by atoms with Gasteiger partial charge in [0, 0.05) is 35.0 Å². The highest BCUT2D eigenvalue weighted by Gasteiger charge is 2.42. The van der Waals surface area contributed by atoms with E-state index in [2.05, 4.69) is 0 Å². The van der Waals surface area contributed by atoms with E-state index in [9.17, 15) is 14.4 Å². The van der Waals surface area contributed by atoms with Crippen molar-refractivity contribution in [1.29, 1.82) is 5.26 Å². The molecular weight excluding hydrogens is 310 g/mol. The van der Waals surface area contributed by atoms with E-state index in [-0.39, 0.29) is 6.61 Å². The van der Waals surface area contributed by atoms with Gasteiger partial charge in [0.05, 0.1) is 12.7 Å². The first kappa shape index (κ1) is 20.8. The summed E-state index contributed by atoms with van der Waals surface area (Å²) in [6, 6.07) is 1.79.